The Morgan fingerprint density at radius 3 is 2.65 bits per heavy atom. The highest BCUT2D eigenvalue weighted by Gasteiger charge is 2.16. The van der Waals surface area contributed by atoms with Gasteiger partial charge in [0.05, 0.1) is 12.7 Å². The van der Waals surface area contributed by atoms with Crippen molar-refractivity contribution < 1.29 is 14.3 Å². The first-order chi connectivity index (χ1) is 12.7. The lowest BCUT2D eigenvalue weighted by Crippen LogP contribution is -2.03. The van der Waals surface area contributed by atoms with Gasteiger partial charge in [-0.1, -0.05) is 42.5 Å². The molecule has 0 unspecified atom stereocenters. The molecule has 0 radical (unpaired) electrons. The minimum Gasteiger partial charge on any atom is -0.489 e. The topological polar surface area (TPSA) is 48.4 Å². The summed E-state index contributed by atoms with van der Waals surface area (Å²) in [7, 11) is 1.37. The van der Waals surface area contributed by atoms with Crippen molar-refractivity contribution in [2.24, 2.45) is 0 Å². The first kappa shape index (κ1) is 17.9. The first-order valence-electron chi connectivity index (χ1n) is 8.15. The molecule has 0 aliphatic heterocycles. The van der Waals surface area contributed by atoms with Gasteiger partial charge in [-0.15, -0.1) is 11.3 Å². The fourth-order valence-electron chi connectivity index (χ4n) is 2.40. The van der Waals surface area contributed by atoms with Crippen LogP contribution in [0.4, 0.5) is 0 Å². The molecule has 0 fully saturated rings. The number of carbonyl (C=O) groups is 1. The highest BCUT2D eigenvalue weighted by molar-refractivity contribution is 7.11. The number of aryl methyl sites for hydroxylation is 1. The van der Waals surface area contributed by atoms with E-state index in [9.17, 15) is 4.79 Å². The maximum Gasteiger partial charge on any atom is 0.340 e. The predicted octanol–water partition coefficient (Wildman–Crippen LogP) is 4.74. The molecule has 0 spiro atoms. The summed E-state index contributed by atoms with van der Waals surface area (Å²) in [6.45, 7) is 2.39. The van der Waals surface area contributed by atoms with E-state index in [1.807, 2.05) is 66.9 Å². The number of hydrogen-bond acceptors (Lipinski definition) is 5. The van der Waals surface area contributed by atoms with Gasteiger partial charge in [0.2, 0.25) is 0 Å². The van der Waals surface area contributed by atoms with Crippen molar-refractivity contribution >= 4 is 29.0 Å². The number of nitrogens with zero attached hydrogens (tertiary/aromatic N) is 1. The van der Waals surface area contributed by atoms with Crippen LogP contribution in [-0.4, -0.2) is 18.1 Å². The Morgan fingerprint density at radius 1 is 1.15 bits per heavy atom. The number of methoxy groups -OCH3 is 1. The molecule has 132 valence electrons. The predicted molar refractivity (Wildman–Crippen MR) is 104 cm³/mol. The molecule has 0 saturated heterocycles. The number of benzene rings is 2. The minimum atomic E-state index is -0.407. The zero-order chi connectivity index (χ0) is 18.4. The molecule has 3 rings (SSSR count). The third-order valence-corrected chi connectivity index (χ3v) is 4.67. The maximum absolute atomic E-state index is 12.2. The van der Waals surface area contributed by atoms with Gasteiger partial charge in [-0.25, -0.2) is 9.78 Å². The number of thiazole rings is 1. The van der Waals surface area contributed by atoms with Crippen LogP contribution in [0.1, 0.15) is 21.8 Å². The fraction of sp³-hybridized carbons (Fsp3) is 0.143. The molecule has 0 aliphatic rings. The van der Waals surface area contributed by atoms with Gasteiger partial charge < -0.3 is 9.47 Å². The second kappa shape index (κ2) is 8.45. The SMILES string of the molecule is COC(=O)/C(=C\c1cccc(OCc2ccccc2)c1)c1nc(C)cs1. The lowest BCUT2D eigenvalue weighted by molar-refractivity contribution is -0.133. The zero-order valence-electron chi connectivity index (χ0n) is 14.6. The Hall–Kier alpha value is -2.92. The smallest absolute Gasteiger partial charge is 0.340 e. The number of hydrogen-bond donors (Lipinski definition) is 0. The molecule has 0 atom stereocenters. The van der Waals surface area contributed by atoms with E-state index in [0.29, 0.717) is 17.2 Å². The molecule has 4 nitrogen and oxygen atoms in total. The van der Waals surface area contributed by atoms with Crippen molar-refractivity contribution in [2.45, 2.75) is 13.5 Å². The molecule has 0 amide bonds. The monoisotopic (exact) mass is 365 g/mol. The van der Waals surface area contributed by atoms with Gasteiger partial charge in [0.15, 0.2) is 0 Å². The van der Waals surface area contributed by atoms with Crippen LogP contribution >= 0.6 is 11.3 Å². The first-order valence-corrected chi connectivity index (χ1v) is 9.03. The number of aromatic nitrogens is 1. The molecule has 0 N–H and O–H groups in total. The van der Waals surface area contributed by atoms with E-state index in [1.54, 1.807) is 6.08 Å². The van der Waals surface area contributed by atoms with E-state index >= 15 is 0 Å². The lowest BCUT2D eigenvalue weighted by Gasteiger charge is -2.08. The summed E-state index contributed by atoms with van der Waals surface area (Å²) in [6, 6.07) is 17.6. The Balaban J connectivity index is 1.83. The summed E-state index contributed by atoms with van der Waals surface area (Å²) in [5.74, 6) is 0.331. The van der Waals surface area contributed by atoms with E-state index in [0.717, 1.165) is 22.6 Å². The average Bonchev–Trinajstić information content (AvgIpc) is 3.11. The fourth-order valence-corrected chi connectivity index (χ4v) is 3.20. The van der Waals surface area contributed by atoms with Crippen LogP contribution in [0.25, 0.3) is 11.6 Å². The van der Waals surface area contributed by atoms with Crippen molar-refractivity contribution in [2.75, 3.05) is 7.11 Å². The number of carbonyl (C=O) groups excluding carboxylic acids is 1. The Morgan fingerprint density at radius 2 is 1.96 bits per heavy atom. The molecule has 1 aromatic heterocycles. The maximum atomic E-state index is 12.2. The van der Waals surface area contributed by atoms with Crippen molar-refractivity contribution in [3.05, 3.63) is 81.8 Å². The second-order valence-electron chi connectivity index (χ2n) is 5.69. The van der Waals surface area contributed by atoms with E-state index in [1.165, 1.54) is 18.4 Å². The molecular weight excluding hydrogens is 346 g/mol. The van der Waals surface area contributed by atoms with E-state index in [-0.39, 0.29) is 0 Å². The van der Waals surface area contributed by atoms with Crippen LogP contribution in [0.5, 0.6) is 5.75 Å². The zero-order valence-corrected chi connectivity index (χ0v) is 15.5. The largest absolute Gasteiger partial charge is 0.489 e. The van der Waals surface area contributed by atoms with Gasteiger partial charge >= 0.3 is 5.97 Å². The van der Waals surface area contributed by atoms with Gasteiger partial charge in [-0.2, -0.15) is 0 Å². The van der Waals surface area contributed by atoms with E-state index in [2.05, 4.69) is 4.98 Å². The molecule has 26 heavy (non-hydrogen) atoms. The minimum absolute atomic E-state index is 0.407. The van der Waals surface area contributed by atoms with Gasteiger partial charge in [-0.05, 0) is 36.3 Å². The van der Waals surface area contributed by atoms with Crippen LogP contribution in [0.2, 0.25) is 0 Å². The van der Waals surface area contributed by atoms with Crippen LogP contribution in [0.15, 0.2) is 60.0 Å². The van der Waals surface area contributed by atoms with Gasteiger partial charge in [0.1, 0.15) is 17.4 Å². The summed E-state index contributed by atoms with van der Waals surface area (Å²) in [6.07, 6.45) is 1.78. The summed E-state index contributed by atoms with van der Waals surface area (Å²) >= 11 is 1.42. The molecule has 3 aromatic rings. The Labute approximate surface area is 156 Å². The highest BCUT2D eigenvalue weighted by Crippen LogP contribution is 2.25. The lowest BCUT2D eigenvalue weighted by atomic mass is 10.1. The molecule has 0 saturated carbocycles. The van der Waals surface area contributed by atoms with Crippen molar-refractivity contribution in [1.29, 1.82) is 0 Å². The molecule has 1 heterocycles. The molecule has 5 heteroatoms. The summed E-state index contributed by atoms with van der Waals surface area (Å²) in [5.41, 5.74) is 3.26. The molecule has 0 aliphatic carbocycles. The standard InChI is InChI=1S/C21H19NO3S/c1-15-14-26-20(22-15)19(21(23)24-2)12-17-9-6-10-18(11-17)25-13-16-7-4-3-5-8-16/h3-12,14H,13H2,1-2H3/b19-12-. The van der Waals surface area contributed by atoms with Gasteiger partial charge in [0, 0.05) is 11.1 Å². The van der Waals surface area contributed by atoms with Crippen LogP contribution in [0.3, 0.4) is 0 Å². The van der Waals surface area contributed by atoms with Crippen molar-refractivity contribution in [3.8, 4) is 5.75 Å². The molecule has 2 aromatic carbocycles. The van der Waals surface area contributed by atoms with E-state index < -0.39 is 5.97 Å². The van der Waals surface area contributed by atoms with Crippen LogP contribution in [0, 0.1) is 6.92 Å². The Kier molecular flexibility index (Phi) is 5.81. The van der Waals surface area contributed by atoms with Crippen LogP contribution < -0.4 is 4.74 Å². The number of esters is 1. The number of rotatable bonds is 6. The molecule has 0 bridgehead atoms. The van der Waals surface area contributed by atoms with Gasteiger partial charge in [0.25, 0.3) is 0 Å². The van der Waals surface area contributed by atoms with Crippen molar-refractivity contribution in [3.63, 3.8) is 0 Å². The van der Waals surface area contributed by atoms with E-state index in [4.69, 9.17) is 9.47 Å². The Bertz CT molecular complexity index is 916. The summed E-state index contributed by atoms with van der Waals surface area (Å²) in [4.78, 5) is 16.6. The third kappa shape index (κ3) is 4.58. The summed E-state index contributed by atoms with van der Waals surface area (Å²) in [5, 5.41) is 2.55. The average molecular weight is 365 g/mol. The summed E-state index contributed by atoms with van der Waals surface area (Å²) < 4.78 is 10.8. The quantitative estimate of drug-likeness (QED) is 0.467. The number of ether oxygens (including phenoxy) is 2. The van der Waals surface area contributed by atoms with Crippen LogP contribution in [-0.2, 0) is 16.1 Å². The molecular formula is C21H19NO3S. The second-order valence-corrected chi connectivity index (χ2v) is 6.55. The highest BCUT2D eigenvalue weighted by atomic mass is 32.1. The normalized spacial score (nSPS) is 11.2. The van der Waals surface area contributed by atoms with Crippen molar-refractivity contribution in [1.82, 2.24) is 4.98 Å². The van der Waals surface area contributed by atoms with Gasteiger partial charge in [-0.3, -0.25) is 0 Å². The third-order valence-electron chi connectivity index (χ3n) is 3.67.